The van der Waals surface area contributed by atoms with E-state index in [0.29, 0.717) is 0 Å². The minimum atomic E-state index is 0.0324. The number of hydrogen-bond donors (Lipinski definition) is 0. The van der Waals surface area contributed by atoms with E-state index in [1.54, 1.807) is 24.3 Å². The van der Waals surface area contributed by atoms with Gasteiger partial charge in [-0.3, -0.25) is 9.20 Å². The predicted octanol–water partition coefficient (Wildman–Crippen LogP) is 3.97. The fraction of sp³-hybridized carbons (Fsp3) is 0.125. The largest absolute Gasteiger partial charge is 0.295 e. The van der Waals surface area contributed by atoms with Crippen molar-refractivity contribution in [1.82, 2.24) is 9.38 Å². The Hall–Kier alpha value is -2.20. The molecule has 0 fully saturated rings. The Morgan fingerprint density at radius 1 is 1.30 bits per heavy atom. The first kappa shape index (κ1) is 12.8. The van der Waals surface area contributed by atoms with Gasteiger partial charge in [-0.2, -0.15) is 0 Å². The van der Waals surface area contributed by atoms with Gasteiger partial charge < -0.3 is 0 Å². The summed E-state index contributed by atoms with van der Waals surface area (Å²) in [4.78, 5) is 16.8. The molecule has 0 aliphatic heterocycles. The molecular weight excluding hydrogens is 268 g/mol. The van der Waals surface area contributed by atoms with Crippen molar-refractivity contribution in [3.63, 3.8) is 0 Å². The standard InChI is InChI=1S/C16H14N2OS/c1-11-3-6-13(7-4-11)15-14(8-5-12(2)19)18-9-10-20-16(18)17-15/h3-10H,1-2H3. The molecule has 4 heteroatoms. The van der Waals surface area contributed by atoms with Crippen LogP contribution in [0.1, 0.15) is 18.2 Å². The fourth-order valence-electron chi connectivity index (χ4n) is 2.08. The molecule has 0 N–H and O–H groups in total. The van der Waals surface area contributed by atoms with Crippen molar-refractivity contribution >= 4 is 28.2 Å². The zero-order valence-corrected chi connectivity index (χ0v) is 12.1. The van der Waals surface area contributed by atoms with Crippen LogP contribution in [0.2, 0.25) is 0 Å². The summed E-state index contributed by atoms with van der Waals surface area (Å²) >= 11 is 1.59. The number of allylic oxidation sites excluding steroid dienone is 1. The van der Waals surface area contributed by atoms with E-state index in [1.807, 2.05) is 22.1 Å². The van der Waals surface area contributed by atoms with Crippen LogP contribution in [-0.2, 0) is 4.79 Å². The molecule has 2 aromatic heterocycles. The maximum atomic E-state index is 11.2. The zero-order valence-electron chi connectivity index (χ0n) is 11.3. The molecule has 3 nitrogen and oxygen atoms in total. The van der Waals surface area contributed by atoms with Crippen molar-refractivity contribution in [1.29, 1.82) is 0 Å². The summed E-state index contributed by atoms with van der Waals surface area (Å²) < 4.78 is 2.01. The average molecular weight is 282 g/mol. The quantitative estimate of drug-likeness (QED) is 0.681. The second kappa shape index (κ2) is 5.06. The molecule has 0 spiro atoms. The molecule has 100 valence electrons. The average Bonchev–Trinajstić information content (AvgIpc) is 2.98. The van der Waals surface area contributed by atoms with Gasteiger partial charge in [0.2, 0.25) is 0 Å². The van der Waals surface area contributed by atoms with Gasteiger partial charge in [0.1, 0.15) is 0 Å². The molecule has 0 unspecified atom stereocenters. The number of aryl methyl sites for hydroxylation is 1. The molecule has 0 aliphatic carbocycles. The van der Waals surface area contributed by atoms with Crippen LogP contribution in [0.15, 0.2) is 41.9 Å². The first-order valence-corrected chi connectivity index (χ1v) is 7.24. The summed E-state index contributed by atoms with van der Waals surface area (Å²) in [5.74, 6) is 0.0324. The summed E-state index contributed by atoms with van der Waals surface area (Å²) in [6.07, 6.45) is 5.40. The normalized spacial score (nSPS) is 11.5. The maximum Gasteiger partial charge on any atom is 0.194 e. The smallest absolute Gasteiger partial charge is 0.194 e. The molecule has 3 rings (SSSR count). The summed E-state index contributed by atoms with van der Waals surface area (Å²) in [5.41, 5.74) is 4.14. The highest BCUT2D eigenvalue weighted by Crippen LogP contribution is 2.27. The minimum Gasteiger partial charge on any atom is -0.295 e. The van der Waals surface area contributed by atoms with Crippen LogP contribution in [-0.4, -0.2) is 15.2 Å². The van der Waals surface area contributed by atoms with Gasteiger partial charge in [-0.15, -0.1) is 11.3 Å². The molecule has 0 amide bonds. The second-order valence-corrected chi connectivity index (χ2v) is 5.58. The Morgan fingerprint density at radius 3 is 2.75 bits per heavy atom. The van der Waals surface area contributed by atoms with Gasteiger partial charge >= 0.3 is 0 Å². The SMILES string of the molecule is CC(=O)C=Cc1c(-c2ccc(C)cc2)nc2sccn12. The number of rotatable bonds is 3. The van der Waals surface area contributed by atoms with E-state index in [2.05, 4.69) is 36.2 Å². The lowest BCUT2D eigenvalue weighted by atomic mass is 10.1. The Kier molecular flexibility index (Phi) is 3.24. The van der Waals surface area contributed by atoms with Crippen molar-refractivity contribution in [2.75, 3.05) is 0 Å². The molecule has 0 saturated heterocycles. The molecule has 0 bridgehead atoms. The van der Waals surface area contributed by atoms with Crippen molar-refractivity contribution < 1.29 is 4.79 Å². The Balaban J connectivity index is 2.18. The Bertz CT molecular complexity index is 794. The van der Waals surface area contributed by atoms with E-state index < -0.39 is 0 Å². The van der Waals surface area contributed by atoms with E-state index in [1.165, 1.54) is 5.56 Å². The highest BCUT2D eigenvalue weighted by atomic mass is 32.1. The first-order valence-electron chi connectivity index (χ1n) is 6.36. The van der Waals surface area contributed by atoms with Crippen LogP contribution in [0.4, 0.5) is 0 Å². The van der Waals surface area contributed by atoms with Crippen LogP contribution in [0.3, 0.4) is 0 Å². The van der Waals surface area contributed by atoms with E-state index >= 15 is 0 Å². The number of aromatic nitrogens is 2. The summed E-state index contributed by atoms with van der Waals surface area (Å²) in [6, 6.07) is 8.27. The monoisotopic (exact) mass is 282 g/mol. The lowest BCUT2D eigenvalue weighted by molar-refractivity contribution is -0.112. The van der Waals surface area contributed by atoms with E-state index in [4.69, 9.17) is 0 Å². The van der Waals surface area contributed by atoms with Crippen LogP contribution in [0.5, 0.6) is 0 Å². The Labute approximate surface area is 121 Å². The highest BCUT2D eigenvalue weighted by Gasteiger charge is 2.12. The molecule has 3 aromatic rings. The topological polar surface area (TPSA) is 34.4 Å². The number of imidazole rings is 1. The van der Waals surface area contributed by atoms with E-state index in [9.17, 15) is 4.79 Å². The zero-order chi connectivity index (χ0) is 14.1. The first-order chi connectivity index (χ1) is 9.65. The summed E-state index contributed by atoms with van der Waals surface area (Å²) in [6.45, 7) is 3.61. The third kappa shape index (κ3) is 2.30. The minimum absolute atomic E-state index is 0.0324. The molecular formula is C16H14N2OS. The molecule has 0 aliphatic rings. The second-order valence-electron chi connectivity index (χ2n) is 4.71. The number of benzene rings is 1. The lowest BCUT2D eigenvalue weighted by Crippen LogP contribution is -1.87. The molecule has 0 saturated carbocycles. The fourth-order valence-corrected chi connectivity index (χ4v) is 2.80. The van der Waals surface area contributed by atoms with Gasteiger partial charge in [0.15, 0.2) is 10.7 Å². The lowest BCUT2D eigenvalue weighted by Gasteiger charge is -2.00. The van der Waals surface area contributed by atoms with Crippen LogP contribution >= 0.6 is 11.3 Å². The summed E-state index contributed by atoms with van der Waals surface area (Å²) in [5, 5.41) is 1.99. The van der Waals surface area contributed by atoms with Gasteiger partial charge in [-0.05, 0) is 26.0 Å². The molecule has 2 heterocycles. The van der Waals surface area contributed by atoms with Gasteiger partial charge in [0.25, 0.3) is 0 Å². The third-order valence-corrected chi connectivity index (χ3v) is 3.86. The molecule has 0 radical (unpaired) electrons. The number of ketones is 1. The van der Waals surface area contributed by atoms with Crippen molar-refractivity contribution in [3.05, 3.63) is 53.2 Å². The number of thiazole rings is 1. The van der Waals surface area contributed by atoms with E-state index in [0.717, 1.165) is 21.9 Å². The van der Waals surface area contributed by atoms with Gasteiger partial charge in [-0.1, -0.05) is 29.8 Å². The summed E-state index contributed by atoms with van der Waals surface area (Å²) in [7, 11) is 0. The van der Waals surface area contributed by atoms with Crippen molar-refractivity contribution in [2.45, 2.75) is 13.8 Å². The van der Waals surface area contributed by atoms with Gasteiger partial charge in [0, 0.05) is 17.1 Å². The van der Waals surface area contributed by atoms with Crippen LogP contribution in [0.25, 0.3) is 22.3 Å². The van der Waals surface area contributed by atoms with Crippen LogP contribution < -0.4 is 0 Å². The number of carbonyl (C=O) groups is 1. The predicted molar refractivity (Wildman–Crippen MR) is 83.0 cm³/mol. The number of fused-ring (bicyclic) bond motifs is 1. The molecule has 20 heavy (non-hydrogen) atoms. The van der Waals surface area contributed by atoms with E-state index in [-0.39, 0.29) is 5.78 Å². The third-order valence-electron chi connectivity index (χ3n) is 3.10. The van der Waals surface area contributed by atoms with Gasteiger partial charge in [-0.25, -0.2) is 4.98 Å². The van der Waals surface area contributed by atoms with Crippen molar-refractivity contribution in [2.24, 2.45) is 0 Å². The number of carbonyl (C=O) groups excluding carboxylic acids is 1. The number of nitrogens with zero attached hydrogens (tertiary/aromatic N) is 2. The molecule has 0 atom stereocenters. The Morgan fingerprint density at radius 2 is 2.05 bits per heavy atom. The van der Waals surface area contributed by atoms with Crippen molar-refractivity contribution in [3.8, 4) is 11.3 Å². The van der Waals surface area contributed by atoms with Gasteiger partial charge in [0.05, 0.1) is 11.4 Å². The molecule has 1 aromatic carbocycles. The number of hydrogen-bond acceptors (Lipinski definition) is 3. The maximum absolute atomic E-state index is 11.2. The highest BCUT2D eigenvalue weighted by molar-refractivity contribution is 7.15. The van der Waals surface area contributed by atoms with Crippen LogP contribution in [0, 0.1) is 6.92 Å².